The van der Waals surface area contributed by atoms with E-state index in [1.807, 2.05) is 0 Å². The molecule has 0 heterocycles. The fraction of sp³-hybridized carbons (Fsp3) is 0.429. The number of hydrogen-bond donors (Lipinski definition) is 3. The van der Waals surface area contributed by atoms with Crippen LogP contribution in [0.1, 0.15) is 26.7 Å². The highest BCUT2D eigenvalue weighted by Crippen LogP contribution is 2.24. The van der Waals surface area contributed by atoms with Crippen molar-refractivity contribution in [3.05, 3.63) is 24.3 Å². The van der Waals surface area contributed by atoms with E-state index in [0.29, 0.717) is 23.8 Å². The van der Waals surface area contributed by atoms with Crippen LogP contribution in [0.5, 0.6) is 5.75 Å². The lowest BCUT2D eigenvalue weighted by Gasteiger charge is -2.12. The quantitative estimate of drug-likeness (QED) is 0.308. The van der Waals surface area contributed by atoms with Crippen LogP contribution in [0.4, 0.5) is 5.69 Å². The Hall–Kier alpha value is -2.24. The van der Waals surface area contributed by atoms with E-state index in [4.69, 9.17) is 15.7 Å². The summed E-state index contributed by atoms with van der Waals surface area (Å²) < 4.78 is 5.39. The van der Waals surface area contributed by atoms with Crippen LogP contribution in [-0.4, -0.2) is 23.6 Å². The van der Waals surface area contributed by atoms with Gasteiger partial charge in [-0.2, -0.15) is 0 Å². The van der Waals surface area contributed by atoms with Gasteiger partial charge in [-0.15, -0.1) is 0 Å². The lowest BCUT2D eigenvalue weighted by atomic mass is 10.1. The molecule has 1 aromatic carbocycles. The maximum atomic E-state index is 11.8. The van der Waals surface area contributed by atoms with Crippen molar-refractivity contribution < 1.29 is 14.7 Å². The number of nitrogens with zero attached hydrogens (tertiary/aromatic N) is 1. The van der Waals surface area contributed by atoms with E-state index in [2.05, 4.69) is 24.3 Å². The number of nitrogens with one attached hydrogen (secondary N) is 1. The second kappa shape index (κ2) is 8.04. The predicted molar refractivity (Wildman–Crippen MR) is 78.0 cm³/mol. The van der Waals surface area contributed by atoms with Crippen LogP contribution in [0.2, 0.25) is 0 Å². The first kappa shape index (κ1) is 15.8. The topological polar surface area (TPSA) is 96.9 Å². The summed E-state index contributed by atoms with van der Waals surface area (Å²) in [6.07, 6.45) is 1.30. The molecule has 0 radical (unpaired) electrons. The number of oxime groups is 1. The third-order valence-electron chi connectivity index (χ3n) is 2.61. The van der Waals surface area contributed by atoms with E-state index in [9.17, 15) is 4.79 Å². The van der Waals surface area contributed by atoms with E-state index in [1.165, 1.54) is 0 Å². The van der Waals surface area contributed by atoms with Gasteiger partial charge in [0.15, 0.2) is 5.84 Å². The molecule has 4 N–H and O–H groups in total. The van der Waals surface area contributed by atoms with Crippen molar-refractivity contribution in [2.45, 2.75) is 26.7 Å². The highest BCUT2D eigenvalue weighted by molar-refractivity contribution is 5.92. The van der Waals surface area contributed by atoms with Crippen LogP contribution in [0.25, 0.3) is 0 Å². The highest BCUT2D eigenvalue weighted by atomic mass is 16.5. The molecule has 1 aromatic rings. The lowest BCUT2D eigenvalue weighted by Crippen LogP contribution is -2.21. The molecule has 0 aliphatic rings. The molecule has 0 unspecified atom stereocenters. The average Bonchev–Trinajstić information content (AvgIpc) is 2.43. The van der Waals surface area contributed by atoms with Gasteiger partial charge in [-0.3, -0.25) is 4.79 Å². The number of rotatable bonds is 7. The van der Waals surface area contributed by atoms with Crippen LogP contribution in [0, 0.1) is 5.92 Å². The molecule has 6 nitrogen and oxygen atoms in total. The molecule has 0 saturated heterocycles. The minimum Gasteiger partial charge on any atom is -0.483 e. The van der Waals surface area contributed by atoms with Crippen molar-refractivity contribution in [2.75, 3.05) is 11.9 Å². The van der Waals surface area contributed by atoms with Crippen molar-refractivity contribution >= 4 is 17.4 Å². The van der Waals surface area contributed by atoms with Crippen LogP contribution in [0.3, 0.4) is 0 Å². The Labute approximate surface area is 118 Å². The molecule has 0 aliphatic heterocycles. The zero-order valence-electron chi connectivity index (χ0n) is 11.8. The number of carbonyl (C=O) groups excluding carboxylic acids is 1. The third-order valence-corrected chi connectivity index (χ3v) is 2.61. The number of amides is 1. The maximum absolute atomic E-state index is 11.8. The first-order valence-corrected chi connectivity index (χ1v) is 6.51. The van der Waals surface area contributed by atoms with Gasteiger partial charge in [-0.1, -0.05) is 31.1 Å². The van der Waals surface area contributed by atoms with Crippen molar-refractivity contribution in [1.82, 2.24) is 0 Å². The van der Waals surface area contributed by atoms with E-state index in [0.717, 1.165) is 6.42 Å². The molecule has 0 aromatic heterocycles. The lowest BCUT2D eigenvalue weighted by molar-refractivity contribution is -0.116. The standard InChI is InChI=1S/C14H21N3O3/c1-10(2)7-8-14(18)16-11-5-3-4-6-12(11)20-9-13(15)17-19/h3-6,10,19H,7-9H2,1-2H3,(H2,15,17)(H,16,18). The Balaban J connectivity index is 2.63. The molecular formula is C14H21N3O3. The van der Waals surface area contributed by atoms with Crippen molar-refractivity contribution in [2.24, 2.45) is 16.8 Å². The number of anilines is 1. The van der Waals surface area contributed by atoms with E-state index < -0.39 is 0 Å². The molecule has 0 spiro atoms. The molecule has 0 bridgehead atoms. The molecule has 0 saturated carbocycles. The maximum Gasteiger partial charge on any atom is 0.224 e. The zero-order valence-corrected chi connectivity index (χ0v) is 11.8. The Kier molecular flexibility index (Phi) is 6.36. The highest BCUT2D eigenvalue weighted by Gasteiger charge is 2.08. The van der Waals surface area contributed by atoms with Crippen LogP contribution in [-0.2, 0) is 4.79 Å². The molecule has 0 aliphatic carbocycles. The van der Waals surface area contributed by atoms with E-state index in [-0.39, 0.29) is 18.3 Å². The first-order valence-electron chi connectivity index (χ1n) is 6.51. The molecule has 6 heteroatoms. The summed E-state index contributed by atoms with van der Waals surface area (Å²) in [6.45, 7) is 4.10. The Morgan fingerprint density at radius 1 is 1.45 bits per heavy atom. The number of carbonyl (C=O) groups is 1. The summed E-state index contributed by atoms with van der Waals surface area (Å²) in [5.74, 6) is 0.870. The van der Waals surface area contributed by atoms with Gasteiger partial charge in [-0.05, 0) is 24.5 Å². The molecule has 0 atom stereocenters. The fourth-order valence-electron chi connectivity index (χ4n) is 1.51. The smallest absolute Gasteiger partial charge is 0.224 e. The molecule has 1 rings (SSSR count). The number of benzene rings is 1. The normalized spacial score (nSPS) is 11.4. The minimum atomic E-state index is -0.0569. The zero-order chi connectivity index (χ0) is 15.0. The van der Waals surface area contributed by atoms with Crippen molar-refractivity contribution in [1.29, 1.82) is 0 Å². The van der Waals surface area contributed by atoms with E-state index in [1.54, 1.807) is 24.3 Å². The number of ether oxygens (including phenoxy) is 1. The average molecular weight is 279 g/mol. The SMILES string of the molecule is CC(C)CCC(=O)Nc1ccccc1OC/C(N)=N/O. The molecular weight excluding hydrogens is 258 g/mol. The van der Waals surface area contributed by atoms with E-state index >= 15 is 0 Å². The second-order valence-corrected chi connectivity index (χ2v) is 4.86. The van der Waals surface area contributed by atoms with Crippen molar-refractivity contribution in [3.8, 4) is 5.75 Å². The van der Waals surface area contributed by atoms with Gasteiger partial charge in [0.25, 0.3) is 0 Å². The van der Waals surface area contributed by atoms with Gasteiger partial charge >= 0.3 is 0 Å². The van der Waals surface area contributed by atoms with Gasteiger partial charge in [-0.25, -0.2) is 0 Å². The Morgan fingerprint density at radius 3 is 2.80 bits per heavy atom. The summed E-state index contributed by atoms with van der Waals surface area (Å²) in [5, 5.41) is 14.1. The summed E-state index contributed by atoms with van der Waals surface area (Å²) in [4.78, 5) is 11.8. The number of nitrogens with two attached hydrogens (primary N) is 1. The Morgan fingerprint density at radius 2 is 2.15 bits per heavy atom. The fourth-order valence-corrected chi connectivity index (χ4v) is 1.51. The monoisotopic (exact) mass is 279 g/mol. The molecule has 110 valence electrons. The van der Waals surface area contributed by atoms with Gasteiger partial charge in [0.2, 0.25) is 5.91 Å². The largest absolute Gasteiger partial charge is 0.483 e. The number of hydrogen-bond acceptors (Lipinski definition) is 4. The molecule has 0 fully saturated rings. The summed E-state index contributed by atoms with van der Waals surface area (Å²) in [7, 11) is 0. The van der Waals surface area contributed by atoms with Crippen molar-refractivity contribution in [3.63, 3.8) is 0 Å². The van der Waals surface area contributed by atoms with Crippen LogP contribution >= 0.6 is 0 Å². The van der Waals surface area contributed by atoms with Crippen LogP contribution in [0.15, 0.2) is 29.4 Å². The molecule has 1 amide bonds. The van der Waals surface area contributed by atoms with Gasteiger partial charge in [0, 0.05) is 6.42 Å². The number of amidine groups is 1. The van der Waals surface area contributed by atoms with Gasteiger partial charge in [0.05, 0.1) is 5.69 Å². The molecule has 20 heavy (non-hydrogen) atoms. The third kappa shape index (κ3) is 5.60. The van der Waals surface area contributed by atoms with Gasteiger partial charge < -0.3 is 21.0 Å². The van der Waals surface area contributed by atoms with Crippen LogP contribution < -0.4 is 15.8 Å². The number of para-hydroxylation sites is 2. The summed E-state index contributed by atoms with van der Waals surface area (Å²) >= 11 is 0. The first-order chi connectivity index (χ1) is 9.52. The van der Waals surface area contributed by atoms with Gasteiger partial charge in [0.1, 0.15) is 12.4 Å². The minimum absolute atomic E-state index is 0.0362. The second-order valence-electron chi connectivity index (χ2n) is 4.86. The summed E-state index contributed by atoms with van der Waals surface area (Å²) in [6, 6.07) is 7.04. The Bertz CT molecular complexity index is 472. The summed E-state index contributed by atoms with van der Waals surface area (Å²) in [5.41, 5.74) is 5.92. The predicted octanol–water partition coefficient (Wildman–Crippen LogP) is 2.19.